The monoisotopic (exact) mass is 264 g/mol. The lowest BCUT2D eigenvalue weighted by Gasteiger charge is -2.00. The smallest absolute Gasteiger partial charge is 0.279 e. The summed E-state index contributed by atoms with van der Waals surface area (Å²) in [4.78, 5) is 15.5. The molecule has 3 rings (SSSR count). The average molecular weight is 264 g/mol. The summed E-state index contributed by atoms with van der Waals surface area (Å²) in [6, 6.07) is 2.62. The molecular formula is C11H9FN4OS. The Balaban J connectivity index is 1.75. The Morgan fingerprint density at radius 3 is 3.00 bits per heavy atom. The summed E-state index contributed by atoms with van der Waals surface area (Å²) in [7, 11) is 0. The van der Waals surface area contributed by atoms with E-state index in [9.17, 15) is 9.18 Å². The molecule has 0 unspecified atom stereocenters. The van der Waals surface area contributed by atoms with Crippen molar-refractivity contribution < 1.29 is 9.18 Å². The summed E-state index contributed by atoms with van der Waals surface area (Å²) in [6.07, 6.45) is 3.61. The predicted molar refractivity (Wildman–Crippen MR) is 64.0 cm³/mol. The van der Waals surface area contributed by atoms with Gasteiger partial charge in [-0.25, -0.2) is 9.37 Å². The molecule has 0 saturated heterocycles. The number of anilines is 1. The van der Waals surface area contributed by atoms with Crippen molar-refractivity contribution in [3.05, 3.63) is 34.8 Å². The second-order valence-electron chi connectivity index (χ2n) is 4.01. The van der Waals surface area contributed by atoms with E-state index in [2.05, 4.69) is 20.5 Å². The van der Waals surface area contributed by atoms with Crippen LogP contribution in [0.4, 0.5) is 9.52 Å². The van der Waals surface area contributed by atoms with E-state index in [0.717, 1.165) is 17.8 Å². The van der Waals surface area contributed by atoms with E-state index in [4.69, 9.17) is 0 Å². The lowest BCUT2D eigenvalue weighted by atomic mass is 10.3. The molecule has 1 aliphatic rings. The van der Waals surface area contributed by atoms with E-state index in [0.29, 0.717) is 11.0 Å². The van der Waals surface area contributed by atoms with Gasteiger partial charge in [-0.15, -0.1) is 10.2 Å². The van der Waals surface area contributed by atoms with Crippen molar-refractivity contribution in [1.82, 2.24) is 15.2 Å². The number of carbonyl (C=O) groups excluding carboxylic acids is 1. The molecule has 7 heteroatoms. The molecule has 2 heterocycles. The van der Waals surface area contributed by atoms with Crippen LogP contribution in [-0.2, 0) is 0 Å². The minimum absolute atomic E-state index is 0.235. The summed E-state index contributed by atoms with van der Waals surface area (Å²) >= 11 is 1.33. The summed E-state index contributed by atoms with van der Waals surface area (Å²) in [5.74, 6) is -0.770. The third-order valence-electron chi connectivity index (χ3n) is 2.56. The molecule has 0 aromatic carbocycles. The van der Waals surface area contributed by atoms with E-state index in [1.54, 1.807) is 0 Å². The van der Waals surface area contributed by atoms with Crippen LogP contribution >= 0.6 is 11.3 Å². The quantitative estimate of drug-likeness (QED) is 0.922. The van der Waals surface area contributed by atoms with Gasteiger partial charge in [0.25, 0.3) is 5.91 Å². The zero-order valence-corrected chi connectivity index (χ0v) is 10.1. The van der Waals surface area contributed by atoms with Gasteiger partial charge in [0.05, 0.1) is 0 Å². The maximum atomic E-state index is 13.3. The second kappa shape index (κ2) is 4.41. The summed E-state index contributed by atoms with van der Waals surface area (Å²) in [5, 5.41) is 11.7. The highest BCUT2D eigenvalue weighted by molar-refractivity contribution is 7.15. The molecule has 2 aromatic heterocycles. The van der Waals surface area contributed by atoms with Crippen LogP contribution < -0.4 is 5.32 Å². The fourth-order valence-corrected chi connectivity index (χ4v) is 2.40. The number of hydrogen-bond donors (Lipinski definition) is 1. The molecule has 92 valence electrons. The third-order valence-corrected chi connectivity index (χ3v) is 3.56. The standard InChI is InChI=1S/C11H9FN4OS/c12-7-2-1-5-13-8(7)9(17)14-11-16-15-10(18-11)6-3-4-6/h1-2,5-6H,3-4H2,(H,14,16,17). The lowest BCUT2D eigenvalue weighted by molar-refractivity contribution is 0.101. The molecule has 0 aliphatic heterocycles. The van der Waals surface area contributed by atoms with Crippen molar-refractivity contribution in [3.8, 4) is 0 Å². The normalized spacial score (nSPS) is 14.5. The first kappa shape index (κ1) is 11.2. The van der Waals surface area contributed by atoms with Crippen molar-refractivity contribution in [2.45, 2.75) is 18.8 Å². The minimum Gasteiger partial charge on any atom is -0.295 e. The van der Waals surface area contributed by atoms with Gasteiger partial charge in [0.1, 0.15) is 5.01 Å². The van der Waals surface area contributed by atoms with Gasteiger partial charge in [0, 0.05) is 12.1 Å². The van der Waals surface area contributed by atoms with Gasteiger partial charge in [-0.05, 0) is 25.0 Å². The number of nitrogens with zero attached hydrogens (tertiary/aromatic N) is 3. The molecule has 5 nitrogen and oxygen atoms in total. The van der Waals surface area contributed by atoms with Crippen LogP contribution in [0.1, 0.15) is 34.3 Å². The molecule has 1 N–H and O–H groups in total. The highest BCUT2D eigenvalue weighted by Crippen LogP contribution is 2.42. The van der Waals surface area contributed by atoms with Crippen LogP contribution in [0, 0.1) is 5.82 Å². The number of hydrogen-bond acceptors (Lipinski definition) is 5. The Bertz CT molecular complexity index is 596. The fourth-order valence-electron chi connectivity index (χ4n) is 1.49. The van der Waals surface area contributed by atoms with Crippen molar-refractivity contribution in [3.63, 3.8) is 0 Å². The van der Waals surface area contributed by atoms with Crippen molar-refractivity contribution in [2.75, 3.05) is 5.32 Å². The highest BCUT2D eigenvalue weighted by Gasteiger charge is 2.28. The van der Waals surface area contributed by atoms with E-state index < -0.39 is 11.7 Å². The number of halogens is 1. The summed E-state index contributed by atoms with van der Waals surface area (Å²) < 4.78 is 13.3. The van der Waals surface area contributed by atoms with E-state index in [1.807, 2.05) is 0 Å². The third kappa shape index (κ3) is 2.21. The molecule has 0 bridgehead atoms. The molecule has 0 spiro atoms. The van der Waals surface area contributed by atoms with Gasteiger partial charge in [0.15, 0.2) is 11.5 Å². The van der Waals surface area contributed by atoms with Crippen LogP contribution in [0.3, 0.4) is 0 Å². The zero-order valence-electron chi connectivity index (χ0n) is 9.26. The van der Waals surface area contributed by atoms with Crippen molar-refractivity contribution in [1.29, 1.82) is 0 Å². The topological polar surface area (TPSA) is 67.8 Å². The molecule has 0 atom stereocenters. The first-order valence-electron chi connectivity index (χ1n) is 5.49. The minimum atomic E-state index is -0.651. The van der Waals surface area contributed by atoms with Crippen LogP contribution in [0.2, 0.25) is 0 Å². The summed E-state index contributed by atoms with van der Waals surface area (Å²) in [6.45, 7) is 0. The Morgan fingerprint density at radius 2 is 2.28 bits per heavy atom. The largest absolute Gasteiger partial charge is 0.295 e. The first-order valence-corrected chi connectivity index (χ1v) is 6.31. The fraction of sp³-hybridized carbons (Fsp3) is 0.273. The number of nitrogens with one attached hydrogen (secondary N) is 1. The highest BCUT2D eigenvalue weighted by atomic mass is 32.1. The zero-order chi connectivity index (χ0) is 12.5. The Hall–Kier alpha value is -1.89. The lowest BCUT2D eigenvalue weighted by Crippen LogP contribution is -2.15. The van der Waals surface area contributed by atoms with Gasteiger partial charge in [0.2, 0.25) is 5.13 Å². The first-order chi connectivity index (χ1) is 8.74. The van der Waals surface area contributed by atoms with Gasteiger partial charge in [-0.2, -0.15) is 0 Å². The summed E-state index contributed by atoms with van der Waals surface area (Å²) in [5.41, 5.74) is -0.235. The van der Waals surface area contributed by atoms with Crippen LogP contribution in [0.25, 0.3) is 0 Å². The van der Waals surface area contributed by atoms with Crippen molar-refractivity contribution >= 4 is 22.4 Å². The second-order valence-corrected chi connectivity index (χ2v) is 5.02. The molecule has 1 saturated carbocycles. The number of aromatic nitrogens is 3. The molecule has 2 aromatic rings. The van der Waals surface area contributed by atoms with Gasteiger partial charge >= 0.3 is 0 Å². The number of pyridine rings is 1. The average Bonchev–Trinajstić information content (AvgIpc) is 3.11. The van der Waals surface area contributed by atoms with E-state index in [-0.39, 0.29) is 5.69 Å². The number of rotatable bonds is 3. The van der Waals surface area contributed by atoms with Crippen molar-refractivity contribution in [2.24, 2.45) is 0 Å². The molecule has 0 radical (unpaired) electrons. The molecule has 18 heavy (non-hydrogen) atoms. The van der Waals surface area contributed by atoms with Crippen LogP contribution in [0.5, 0.6) is 0 Å². The van der Waals surface area contributed by atoms with Crippen LogP contribution in [-0.4, -0.2) is 21.1 Å². The van der Waals surface area contributed by atoms with Gasteiger partial charge in [-0.1, -0.05) is 11.3 Å². The Labute approximate surface area is 106 Å². The Kier molecular flexibility index (Phi) is 2.75. The molecule has 1 amide bonds. The maximum Gasteiger partial charge on any atom is 0.279 e. The van der Waals surface area contributed by atoms with Gasteiger partial charge < -0.3 is 0 Å². The van der Waals surface area contributed by atoms with Gasteiger partial charge in [-0.3, -0.25) is 10.1 Å². The molecule has 1 aliphatic carbocycles. The number of carbonyl (C=O) groups is 1. The maximum absolute atomic E-state index is 13.3. The van der Waals surface area contributed by atoms with E-state index >= 15 is 0 Å². The van der Waals surface area contributed by atoms with E-state index in [1.165, 1.54) is 29.7 Å². The Morgan fingerprint density at radius 1 is 1.44 bits per heavy atom. The van der Waals surface area contributed by atoms with Crippen LogP contribution in [0.15, 0.2) is 18.3 Å². The SMILES string of the molecule is O=C(Nc1nnc(C2CC2)s1)c1ncccc1F. The number of amides is 1. The predicted octanol–water partition coefficient (Wildman–Crippen LogP) is 2.20. The molecule has 1 fully saturated rings. The molecular weight excluding hydrogens is 255 g/mol.